The molecule has 0 saturated carbocycles. The second-order valence-electron chi connectivity index (χ2n) is 17.7. The number of nitrogens with zero attached hydrogens (tertiary/aromatic N) is 2. The van der Waals surface area contributed by atoms with Crippen LogP contribution in [0.25, 0.3) is 71.6 Å². The van der Waals surface area contributed by atoms with E-state index < -0.39 is 0 Å². The number of rotatable bonds is 5. The highest BCUT2D eigenvalue weighted by molar-refractivity contribution is 6.10. The summed E-state index contributed by atoms with van der Waals surface area (Å²) in [5.41, 5.74) is 20.0. The van der Waals surface area contributed by atoms with E-state index in [1.165, 1.54) is 105 Å². The minimum atomic E-state index is -0.197. The monoisotopic (exact) mass is 768 g/mol. The van der Waals surface area contributed by atoms with Crippen molar-refractivity contribution >= 4 is 49.6 Å². The molecule has 1 heterocycles. The summed E-state index contributed by atoms with van der Waals surface area (Å²) in [5, 5.41) is 5.00. The van der Waals surface area contributed by atoms with Crippen LogP contribution in [0.4, 0.5) is 17.1 Å². The normalized spacial score (nSPS) is 14.3. The summed E-state index contributed by atoms with van der Waals surface area (Å²) in [7, 11) is 0. The average molecular weight is 769 g/mol. The van der Waals surface area contributed by atoms with Gasteiger partial charge in [-0.05, 0) is 109 Å². The highest BCUT2D eigenvalue weighted by Crippen LogP contribution is 2.58. The molecule has 2 aliphatic carbocycles. The van der Waals surface area contributed by atoms with E-state index in [0.717, 1.165) is 5.69 Å². The quantitative estimate of drug-likeness (QED) is 0.169. The Kier molecular flexibility index (Phi) is 7.36. The molecule has 60 heavy (non-hydrogen) atoms. The van der Waals surface area contributed by atoms with Crippen molar-refractivity contribution in [2.45, 2.75) is 38.5 Å². The van der Waals surface area contributed by atoms with Gasteiger partial charge in [-0.1, -0.05) is 173 Å². The molecular weight excluding hydrogens is 725 g/mol. The van der Waals surface area contributed by atoms with Gasteiger partial charge in [0.1, 0.15) is 0 Å². The molecule has 9 aromatic carbocycles. The first-order chi connectivity index (χ1) is 29.3. The largest absolute Gasteiger partial charge is 0.310 e. The molecule has 2 heteroatoms. The maximum atomic E-state index is 2.57. The predicted molar refractivity (Wildman–Crippen MR) is 254 cm³/mol. The van der Waals surface area contributed by atoms with Gasteiger partial charge >= 0.3 is 0 Å². The molecule has 0 spiro atoms. The predicted octanol–water partition coefficient (Wildman–Crippen LogP) is 15.7. The van der Waals surface area contributed by atoms with Gasteiger partial charge in [-0.25, -0.2) is 0 Å². The van der Waals surface area contributed by atoms with Crippen LogP contribution in [-0.2, 0) is 10.8 Å². The first kappa shape index (κ1) is 34.8. The molecule has 0 fully saturated rings. The van der Waals surface area contributed by atoms with Crippen molar-refractivity contribution in [3.63, 3.8) is 0 Å². The van der Waals surface area contributed by atoms with Crippen molar-refractivity contribution in [2.75, 3.05) is 4.90 Å². The summed E-state index contributed by atoms with van der Waals surface area (Å²) in [5.74, 6) is 0. The number of para-hydroxylation sites is 2. The van der Waals surface area contributed by atoms with Crippen molar-refractivity contribution in [3.8, 4) is 39.1 Å². The highest BCUT2D eigenvalue weighted by Gasteiger charge is 2.41. The SMILES string of the molecule is CC1(C)c2ccccc2-c2c(N(c3cccc(-c4cccc5cc(-n6c7ccccc7c7ccccc76)ccc45)c3)c3cccc4c3C(C)(C)c3ccccc3-4)cccc21. The third-order valence-electron chi connectivity index (χ3n) is 13.7. The van der Waals surface area contributed by atoms with Gasteiger partial charge in [-0.3, -0.25) is 0 Å². The van der Waals surface area contributed by atoms with Gasteiger partial charge < -0.3 is 9.47 Å². The molecule has 2 nitrogen and oxygen atoms in total. The standard InChI is InChI=1S/C58H44N2/c1-57(2)49-27-10-6-23-47(49)55-50(57)28-16-31-53(55)60(54-32-15-25-46-43-20-5-9-26-48(43)58(3,4)56(46)54)39-19-13-17-37(35-39)41-24-14-18-38-36-40(33-34-42(38)41)59-51-29-11-7-21-44(51)45-22-8-12-30-52(45)59/h5-36H,1-4H3. The Hall–Kier alpha value is -7.16. The summed E-state index contributed by atoms with van der Waals surface area (Å²) in [6.07, 6.45) is 0. The maximum Gasteiger partial charge on any atom is 0.0543 e. The first-order valence-electron chi connectivity index (χ1n) is 21.2. The van der Waals surface area contributed by atoms with Crippen LogP contribution in [0.1, 0.15) is 49.9 Å². The van der Waals surface area contributed by atoms with Crippen LogP contribution in [0.3, 0.4) is 0 Å². The summed E-state index contributed by atoms with van der Waals surface area (Å²) in [6.45, 7) is 9.54. The molecule has 0 atom stereocenters. The highest BCUT2D eigenvalue weighted by atomic mass is 15.2. The maximum absolute atomic E-state index is 2.57. The van der Waals surface area contributed by atoms with Crippen LogP contribution in [0.5, 0.6) is 0 Å². The summed E-state index contributed by atoms with van der Waals surface area (Å²) >= 11 is 0. The number of fused-ring (bicyclic) bond motifs is 10. The summed E-state index contributed by atoms with van der Waals surface area (Å²) < 4.78 is 2.41. The zero-order valence-corrected chi connectivity index (χ0v) is 34.4. The molecule has 0 N–H and O–H groups in total. The van der Waals surface area contributed by atoms with E-state index in [-0.39, 0.29) is 10.8 Å². The van der Waals surface area contributed by atoms with Crippen LogP contribution in [-0.4, -0.2) is 4.57 Å². The zero-order valence-electron chi connectivity index (χ0n) is 34.4. The van der Waals surface area contributed by atoms with Gasteiger partial charge in [0.2, 0.25) is 0 Å². The van der Waals surface area contributed by atoms with E-state index >= 15 is 0 Å². The van der Waals surface area contributed by atoms with Gasteiger partial charge in [-0.15, -0.1) is 0 Å². The van der Waals surface area contributed by atoms with Crippen molar-refractivity contribution < 1.29 is 0 Å². The topological polar surface area (TPSA) is 8.17 Å². The second kappa shape index (κ2) is 12.7. The Morgan fingerprint density at radius 1 is 0.400 bits per heavy atom. The Balaban J connectivity index is 1.06. The number of benzene rings is 9. The van der Waals surface area contributed by atoms with E-state index in [1.807, 2.05) is 0 Å². The molecule has 0 radical (unpaired) electrons. The van der Waals surface area contributed by atoms with Crippen LogP contribution < -0.4 is 4.90 Å². The zero-order chi connectivity index (χ0) is 40.3. The molecule has 12 rings (SSSR count). The fraction of sp³-hybridized carbons (Fsp3) is 0.103. The second-order valence-corrected chi connectivity index (χ2v) is 17.7. The molecule has 1 aromatic heterocycles. The van der Waals surface area contributed by atoms with Crippen LogP contribution in [0.15, 0.2) is 194 Å². The summed E-state index contributed by atoms with van der Waals surface area (Å²) in [4.78, 5) is 2.57. The molecule has 0 amide bonds. The Bertz CT molecular complexity index is 3340. The molecule has 0 saturated heterocycles. The number of hydrogen-bond donors (Lipinski definition) is 0. The lowest BCUT2D eigenvalue weighted by Crippen LogP contribution is -2.21. The fourth-order valence-electron chi connectivity index (χ4n) is 11.0. The molecule has 0 bridgehead atoms. The van der Waals surface area contributed by atoms with E-state index in [4.69, 9.17) is 0 Å². The fourth-order valence-corrected chi connectivity index (χ4v) is 11.0. The molecule has 0 aliphatic heterocycles. The first-order valence-corrected chi connectivity index (χ1v) is 21.2. The molecule has 10 aromatic rings. The average Bonchev–Trinajstić information content (AvgIpc) is 3.84. The third kappa shape index (κ3) is 4.82. The lowest BCUT2D eigenvalue weighted by molar-refractivity contribution is 0.659. The molecule has 2 aliphatic rings. The van der Waals surface area contributed by atoms with Crippen molar-refractivity contribution in [3.05, 3.63) is 216 Å². The van der Waals surface area contributed by atoms with Gasteiger partial charge in [0.05, 0.1) is 22.4 Å². The van der Waals surface area contributed by atoms with Crippen molar-refractivity contribution in [1.29, 1.82) is 0 Å². The molecule has 286 valence electrons. The lowest BCUT2D eigenvalue weighted by Gasteiger charge is -2.34. The molecule has 0 unspecified atom stereocenters. The van der Waals surface area contributed by atoms with Gasteiger partial charge in [-0.2, -0.15) is 0 Å². The van der Waals surface area contributed by atoms with Gasteiger partial charge in [0.25, 0.3) is 0 Å². The van der Waals surface area contributed by atoms with Crippen molar-refractivity contribution in [2.24, 2.45) is 0 Å². The lowest BCUT2D eigenvalue weighted by atomic mass is 9.81. The summed E-state index contributed by atoms with van der Waals surface area (Å²) in [6, 6.07) is 72.3. The van der Waals surface area contributed by atoms with Crippen LogP contribution in [0, 0.1) is 0 Å². The minimum absolute atomic E-state index is 0.120. The van der Waals surface area contributed by atoms with Crippen molar-refractivity contribution in [1.82, 2.24) is 4.57 Å². The molecular formula is C58H44N2. The Morgan fingerprint density at radius 2 is 0.983 bits per heavy atom. The van der Waals surface area contributed by atoms with Crippen LogP contribution >= 0.6 is 0 Å². The van der Waals surface area contributed by atoms with Crippen LogP contribution in [0.2, 0.25) is 0 Å². The smallest absolute Gasteiger partial charge is 0.0543 e. The third-order valence-corrected chi connectivity index (χ3v) is 13.7. The van der Waals surface area contributed by atoms with E-state index in [1.54, 1.807) is 0 Å². The van der Waals surface area contributed by atoms with Gasteiger partial charge in [0.15, 0.2) is 0 Å². The van der Waals surface area contributed by atoms with Gasteiger partial charge in [0, 0.05) is 38.5 Å². The Morgan fingerprint density at radius 3 is 1.77 bits per heavy atom. The Labute approximate surface area is 351 Å². The van der Waals surface area contributed by atoms with E-state index in [0.29, 0.717) is 0 Å². The number of anilines is 3. The number of aromatic nitrogens is 1. The number of hydrogen-bond acceptors (Lipinski definition) is 1. The van der Waals surface area contributed by atoms with E-state index in [9.17, 15) is 0 Å². The van der Waals surface area contributed by atoms with E-state index in [2.05, 4.69) is 231 Å². The minimum Gasteiger partial charge on any atom is -0.310 e.